The van der Waals surface area contributed by atoms with Crippen LogP contribution in [0.5, 0.6) is 0 Å². The minimum Gasteiger partial charge on any atom is -0.464 e. The van der Waals surface area contributed by atoms with Gasteiger partial charge in [0.15, 0.2) is 0 Å². The third-order valence-electron chi connectivity index (χ3n) is 9.40. The number of ether oxygens (including phenoxy) is 3. The van der Waals surface area contributed by atoms with Crippen molar-refractivity contribution in [1.82, 2.24) is 20.3 Å². The van der Waals surface area contributed by atoms with E-state index in [4.69, 9.17) is 14.2 Å². The van der Waals surface area contributed by atoms with Crippen molar-refractivity contribution in [3.8, 4) is 22.5 Å². The molecule has 0 bridgehead atoms. The highest BCUT2D eigenvalue weighted by Crippen LogP contribution is 2.41. The first-order chi connectivity index (χ1) is 25.1. The third-order valence-corrected chi connectivity index (χ3v) is 9.40. The van der Waals surface area contributed by atoms with Gasteiger partial charge in [0.2, 0.25) is 11.8 Å². The van der Waals surface area contributed by atoms with Crippen molar-refractivity contribution in [2.24, 2.45) is 11.8 Å². The molecule has 288 valence electrons. The Hall–Kier alpha value is -4.42. The van der Waals surface area contributed by atoms with Crippen molar-refractivity contribution in [2.75, 3.05) is 31.3 Å². The Labute approximate surface area is 313 Å². The Morgan fingerprint density at radius 2 is 1.45 bits per heavy atom. The van der Waals surface area contributed by atoms with Crippen molar-refractivity contribution in [3.63, 3.8) is 0 Å². The molecule has 3 aromatic rings. The molecule has 1 aliphatic heterocycles. The molecule has 12 heteroatoms. The monoisotopic (exact) mass is 731 g/mol. The van der Waals surface area contributed by atoms with Gasteiger partial charge in [-0.25, -0.2) is 4.68 Å². The second-order valence-electron chi connectivity index (χ2n) is 15.4. The predicted octanol–water partition coefficient (Wildman–Crippen LogP) is 6.54. The van der Waals surface area contributed by atoms with Crippen LogP contribution in [0.2, 0.25) is 0 Å². The highest BCUT2D eigenvalue weighted by Gasteiger charge is 2.30. The number of nitrogens with zero attached hydrogens (tertiary/aromatic N) is 4. The molecule has 2 amide bonds. The number of carbonyl (C=O) groups excluding carboxylic acids is 4. The lowest BCUT2D eigenvalue weighted by Crippen LogP contribution is -2.35. The number of Topliss-reactive ketones (excluding diaryl/α,β-unsaturated/α-hetero) is 1. The zero-order chi connectivity index (χ0) is 38.8. The molecule has 0 aliphatic carbocycles. The van der Waals surface area contributed by atoms with Crippen LogP contribution in [0.3, 0.4) is 0 Å². The molecule has 0 spiro atoms. The van der Waals surface area contributed by atoms with Crippen molar-refractivity contribution < 1.29 is 33.4 Å². The van der Waals surface area contributed by atoms with Crippen molar-refractivity contribution in [2.45, 2.75) is 112 Å². The maximum atomic E-state index is 13.9. The van der Waals surface area contributed by atoms with Gasteiger partial charge >= 0.3 is 5.97 Å². The number of nitrogens with one attached hydrogen (secondary N) is 1. The Bertz CT molecular complexity index is 1730. The maximum absolute atomic E-state index is 13.9. The van der Waals surface area contributed by atoms with Gasteiger partial charge in [-0.1, -0.05) is 75.4 Å². The van der Waals surface area contributed by atoms with Crippen molar-refractivity contribution in [3.05, 3.63) is 54.1 Å². The number of hydrogen-bond acceptors (Lipinski definition) is 9. The summed E-state index contributed by atoms with van der Waals surface area (Å²) >= 11 is 0. The van der Waals surface area contributed by atoms with Gasteiger partial charge in [0.1, 0.15) is 18.1 Å². The minimum absolute atomic E-state index is 0.0192. The summed E-state index contributed by atoms with van der Waals surface area (Å²) in [5.41, 5.74) is 3.74. The standard InChI is InChI=1S/C41H57N5O7/c1-28(2)34(47)19-20-40(5,6)52-24-21-41(7,8)53-25-22-42-35(48)17-18-36(49)45-27-30-13-9-10-14-31(30)38-37(32-15-11-12-16-33(32)45)43-44-46(38)23-26-51-39(50)29(3)4/h9-16,28-29H,17-27H2,1-8H3,(H,42,48). The minimum atomic E-state index is -0.467. The molecule has 2 heterocycles. The molecule has 0 atom stereocenters. The molecule has 4 rings (SSSR count). The largest absolute Gasteiger partial charge is 0.464 e. The third kappa shape index (κ3) is 11.8. The second-order valence-corrected chi connectivity index (χ2v) is 15.4. The second kappa shape index (κ2) is 18.6. The number of para-hydroxylation sites is 1. The van der Waals surface area contributed by atoms with E-state index < -0.39 is 11.2 Å². The van der Waals surface area contributed by atoms with E-state index in [1.807, 2.05) is 90.1 Å². The van der Waals surface area contributed by atoms with Crippen molar-refractivity contribution >= 4 is 29.3 Å². The Kier molecular flexibility index (Phi) is 14.5. The number of aromatic nitrogens is 3. The summed E-state index contributed by atoms with van der Waals surface area (Å²) in [6.45, 7) is 17.3. The predicted molar refractivity (Wildman–Crippen MR) is 204 cm³/mol. The number of fused-ring (bicyclic) bond motifs is 5. The number of esters is 1. The molecule has 0 unspecified atom stereocenters. The van der Waals surface area contributed by atoms with E-state index in [-0.39, 0.29) is 54.9 Å². The average molecular weight is 732 g/mol. The number of ketones is 1. The first-order valence-corrected chi connectivity index (χ1v) is 18.7. The molecule has 1 aliphatic rings. The molecule has 0 saturated heterocycles. The van der Waals surface area contributed by atoms with Gasteiger partial charge < -0.3 is 24.4 Å². The maximum Gasteiger partial charge on any atom is 0.308 e. The van der Waals surface area contributed by atoms with Crippen LogP contribution in [0, 0.1) is 11.8 Å². The lowest BCUT2D eigenvalue weighted by Gasteiger charge is -2.30. The summed E-state index contributed by atoms with van der Waals surface area (Å²) in [5.74, 6) is -0.649. The van der Waals surface area contributed by atoms with E-state index >= 15 is 0 Å². The number of anilines is 1. The fraction of sp³-hybridized carbons (Fsp3) is 0.561. The fourth-order valence-corrected chi connectivity index (χ4v) is 5.99. The number of hydrogen-bond donors (Lipinski definition) is 1. The number of carbonyl (C=O) groups is 4. The molecule has 1 aromatic heterocycles. The number of amides is 2. The van der Waals surface area contributed by atoms with Crippen LogP contribution in [-0.4, -0.2) is 76.1 Å². The van der Waals surface area contributed by atoms with Gasteiger partial charge in [-0.2, -0.15) is 0 Å². The summed E-state index contributed by atoms with van der Waals surface area (Å²) in [7, 11) is 0. The summed E-state index contributed by atoms with van der Waals surface area (Å²) in [6.07, 6.45) is 1.87. The summed E-state index contributed by atoms with van der Waals surface area (Å²) < 4.78 is 19.3. The molecule has 0 radical (unpaired) electrons. The molecular formula is C41H57N5O7. The van der Waals surface area contributed by atoms with E-state index in [1.165, 1.54) is 0 Å². The SMILES string of the molecule is CC(C)C(=O)CCC(C)(C)OCCC(C)(C)OCCNC(=O)CCC(=O)N1Cc2ccccc2-c2c(nnn2CCOC(=O)C(C)C)-c2ccccc21. The molecule has 0 fully saturated rings. The van der Waals surface area contributed by atoms with Crippen LogP contribution in [0.1, 0.15) is 93.1 Å². The zero-order valence-electron chi connectivity index (χ0n) is 32.7. The van der Waals surface area contributed by atoms with Gasteiger partial charge in [0.25, 0.3) is 0 Å². The van der Waals surface area contributed by atoms with E-state index in [0.29, 0.717) is 63.5 Å². The molecule has 2 aromatic carbocycles. The quantitative estimate of drug-likeness (QED) is 0.107. The normalized spacial score (nSPS) is 12.8. The van der Waals surface area contributed by atoms with E-state index in [1.54, 1.807) is 23.4 Å². The summed E-state index contributed by atoms with van der Waals surface area (Å²) in [4.78, 5) is 52.5. The Morgan fingerprint density at radius 3 is 2.17 bits per heavy atom. The molecule has 1 N–H and O–H groups in total. The van der Waals surface area contributed by atoms with Crippen LogP contribution in [0.15, 0.2) is 48.5 Å². The Balaban J connectivity index is 1.32. The van der Waals surface area contributed by atoms with Crippen LogP contribution < -0.4 is 10.2 Å². The van der Waals surface area contributed by atoms with E-state index in [0.717, 1.165) is 22.4 Å². The molecular weight excluding hydrogens is 674 g/mol. The summed E-state index contributed by atoms with van der Waals surface area (Å²) in [6, 6.07) is 15.4. The highest BCUT2D eigenvalue weighted by atomic mass is 16.5. The zero-order valence-corrected chi connectivity index (χ0v) is 32.7. The van der Waals surface area contributed by atoms with E-state index in [2.05, 4.69) is 15.6 Å². The van der Waals surface area contributed by atoms with E-state index in [9.17, 15) is 19.2 Å². The lowest BCUT2D eigenvalue weighted by atomic mass is 9.95. The first kappa shape index (κ1) is 41.3. The Morgan fingerprint density at radius 1 is 0.792 bits per heavy atom. The van der Waals surface area contributed by atoms with Crippen LogP contribution >= 0.6 is 0 Å². The average Bonchev–Trinajstić information content (AvgIpc) is 3.52. The van der Waals surface area contributed by atoms with Crippen LogP contribution in [-0.2, 0) is 46.5 Å². The lowest BCUT2D eigenvalue weighted by molar-refractivity contribution is -0.147. The van der Waals surface area contributed by atoms with Crippen LogP contribution in [0.25, 0.3) is 22.5 Å². The fourth-order valence-electron chi connectivity index (χ4n) is 5.99. The first-order valence-electron chi connectivity index (χ1n) is 18.7. The van der Waals surface area contributed by atoms with Crippen molar-refractivity contribution in [1.29, 1.82) is 0 Å². The molecule has 53 heavy (non-hydrogen) atoms. The van der Waals surface area contributed by atoms with Gasteiger partial charge in [-0.15, -0.1) is 5.10 Å². The van der Waals surface area contributed by atoms with Gasteiger partial charge in [0, 0.05) is 42.9 Å². The number of rotatable bonds is 19. The smallest absolute Gasteiger partial charge is 0.308 e. The molecule has 12 nitrogen and oxygen atoms in total. The van der Waals surface area contributed by atoms with Gasteiger partial charge in [-0.05, 0) is 52.2 Å². The topological polar surface area (TPSA) is 142 Å². The highest BCUT2D eigenvalue weighted by molar-refractivity contribution is 6.01. The number of benzene rings is 2. The molecule has 0 saturated carbocycles. The van der Waals surface area contributed by atoms with Crippen LogP contribution in [0.4, 0.5) is 5.69 Å². The van der Waals surface area contributed by atoms with Gasteiger partial charge in [-0.3, -0.25) is 19.2 Å². The summed E-state index contributed by atoms with van der Waals surface area (Å²) in [5, 5.41) is 11.9. The van der Waals surface area contributed by atoms with Gasteiger partial charge in [0.05, 0.1) is 54.8 Å².